The van der Waals surface area contributed by atoms with Crippen LogP contribution in [0.4, 0.5) is 5.69 Å². The Morgan fingerprint density at radius 2 is 2.38 bits per heavy atom. The van der Waals surface area contributed by atoms with Gasteiger partial charge in [-0.2, -0.15) is 0 Å². The molecule has 1 aliphatic rings. The summed E-state index contributed by atoms with van der Waals surface area (Å²) in [5.74, 6) is 1.52. The fourth-order valence-corrected chi connectivity index (χ4v) is 2.58. The third-order valence-corrected chi connectivity index (χ3v) is 3.56. The van der Waals surface area contributed by atoms with Crippen LogP contribution >= 0.6 is 0 Å². The average Bonchev–Trinajstić information content (AvgIpc) is 2.94. The van der Waals surface area contributed by atoms with E-state index >= 15 is 0 Å². The Labute approximate surface area is 124 Å². The van der Waals surface area contributed by atoms with Gasteiger partial charge in [0, 0.05) is 25.5 Å². The van der Waals surface area contributed by atoms with Crippen LogP contribution in [0.25, 0.3) is 0 Å². The molecule has 0 bridgehead atoms. The summed E-state index contributed by atoms with van der Waals surface area (Å²) in [6, 6.07) is 5.64. The maximum atomic E-state index is 12.6. The van der Waals surface area contributed by atoms with E-state index in [9.17, 15) is 4.79 Å². The minimum atomic E-state index is 0.0408. The molecule has 0 saturated heterocycles. The predicted octanol–water partition coefficient (Wildman–Crippen LogP) is 2.52. The van der Waals surface area contributed by atoms with Crippen LogP contribution in [-0.2, 0) is 13.0 Å². The van der Waals surface area contributed by atoms with Crippen LogP contribution in [0.2, 0.25) is 0 Å². The van der Waals surface area contributed by atoms with Crippen molar-refractivity contribution in [3.63, 3.8) is 0 Å². The quantitative estimate of drug-likeness (QED) is 0.858. The number of nitrogens with zero attached hydrogens (tertiary/aromatic N) is 2. The van der Waals surface area contributed by atoms with E-state index in [-0.39, 0.29) is 5.78 Å². The molecular formula is C16H19N3O2. The van der Waals surface area contributed by atoms with Gasteiger partial charge in [0.15, 0.2) is 11.5 Å². The van der Waals surface area contributed by atoms with Crippen LogP contribution in [0.1, 0.15) is 29.5 Å². The average molecular weight is 285 g/mol. The minimum Gasteiger partial charge on any atom is -0.489 e. The van der Waals surface area contributed by atoms with E-state index in [0.717, 1.165) is 31.0 Å². The van der Waals surface area contributed by atoms with E-state index in [4.69, 9.17) is 4.74 Å². The summed E-state index contributed by atoms with van der Waals surface area (Å²) >= 11 is 0. The number of carbonyl (C=O) groups is 1. The van der Waals surface area contributed by atoms with E-state index in [1.807, 2.05) is 29.0 Å². The molecule has 5 nitrogen and oxygen atoms in total. The number of hydrogen-bond donors (Lipinski definition) is 1. The Morgan fingerprint density at radius 1 is 1.48 bits per heavy atom. The van der Waals surface area contributed by atoms with Crippen LogP contribution in [0.5, 0.6) is 5.75 Å². The lowest BCUT2D eigenvalue weighted by molar-refractivity contribution is 0.0985. The standard InChI is InChI=1S/C16H19N3O2/c1-2-8-19-9-6-18-15(19)11-14(20)12-4-3-5-13-16(12)21-10-7-17-13/h3-6,9,17H,2,7-8,10-11H2,1H3. The predicted molar refractivity (Wildman–Crippen MR) is 81.0 cm³/mol. The number of anilines is 1. The molecule has 110 valence electrons. The highest BCUT2D eigenvalue weighted by Gasteiger charge is 2.20. The first-order valence-corrected chi connectivity index (χ1v) is 7.32. The molecule has 1 aromatic carbocycles. The van der Waals surface area contributed by atoms with Gasteiger partial charge in [0.05, 0.1) is 17.7 Å². The van der Waals surface area contributed by atoms with Gasteiger partial charge >= 0.3 is 0 Å². The largest absolute Gasteiger partial charge is 0.489 e. The zero-order chi connectivity index (χ0) is 14.7. The van der Waals surface area contributed by atoms with Gasteiger partial charge in [0.25, 0.3) is 0 Å². The lowest BCUT2D eigenvalue weighted by Crippen LogP contribution is -2.20. The molecule has 0 atom stereocenters. The van der Waals surface area contributed by atoms with Crippen molar-refractivity contribution in [2.75, 3.05) is 18.5 Å². The second-order valence-corrected chi connectivity index (χ2v) is 5.09. The topological polar surface area (TPSA) is 56.2 Å². The monoisotopic (exact) mass is 285 g/mol. The van der Waals surface area contributed by atoms with Crippen molar-refractivity contribution >= 4 is 11.5 Å². The van der Waals surface area contributed by atoms with E-state index in [1.165, 1.54) is 0 Å². The van der Waals surface area contributed by atoms with Crippen molar-refractivity contribution < 1.29 is 9.53 Å². The van der Waals surface area contributed by atoms with Gasteiger partial charge in [-0.05, 0) is 18.6 Å². The lowest BCUT2D eigenvalue weighted by Gasteiger charge is -2.21. The van der Waals surface area contributed by atoms with E-state index in [2.05, 4.69) is 17.2 Å². The number of ether oxygens (including phenoxy) is 1. The van der Waals surface area contributed by atoms with Crippen LogP contribution in [0, 0.1) is 0 Å². The number of ketones is 1. The van der Waals surface area contributed by atoms with Gasteiger partial charge < -0.3 is 14.6 Å². The van der Waals surface area contributed by atoms with Crippen molar-refractivity contribution in [3.05, 3.63) is 42.0 Å². The fraction of sp³-hybridized carbons (Fsp3) is 0.375. The zero-order valence-corrected chi connectivity index (χ0v) is 12.1. The Balaban J connectivity index is 1.84. The van der Waals surface area contributed by atoms with Crippen molar-refractivity contribution in [2.24, 2.45) is 0 Å². The molecule has 1 N–H and O–H groups in total. The van der Waals surface area contributed by atoms with Gasteiger partial charge in [0.2, 0.25) is 0 Å². The highest BCUT2D eigenvalue weighted by molar-refractivity contribution is 6.01. The van der Waals surface area contributed by atoms with Gasteiger partial charge in [-0.25, -0.2) is 4.98 Å². The number of benzene rings is 1. The highest BCUT2D eigenvalue weighted by Crippen LogP contribution is 2.31. The number of hydrogen-bond acceptors (Lipinski definition) is 4. The third-order valence-electron chi connectivity index (χ3n) is 3.56. The summed E-state index contributed by atoms with van der Waals surface area (Å²) in [5.41, 5.74) is 1.52. The van der Waals surface area contributed by atoms with Crippen LogP contribution in [-0.4, -0.2) is 28.5 Å². The van der Waals surface area contributed by atoms with Gasteiger partial charge in [-0.1, -0.05) is 13.0 Å². The van der Waals surface area contributed by atoms with E-state index in [0.29, 0.717) is 24.3 Å². The molecule has 21 heavy (non-hydrogen) atoms. The smallest absolute Gasteiger partial charge is 0.174 e. The van der Waals surface area contributed by atoms with Crippen LogP contribution in [0.3, 0.4) is 0 Å². The number of aryl methyl sites for hydroxylation is 1. The van der Waals surface area contributed by atoms with E-state index < -0.39 is 0 Å². The Kier molecular flexibility index (Phi) is 3.90. The molecular weight excluding hydrogens is 266 g/mol. The van der Waals surface area contributed by atoms with Crippen molar-refractivity contribution in [2.45, 2.75) is 26.3 Å². The number of carbonyl (C=O) groups excluding carboxylic acids is 1. The number of imidazole rings is 1. The first-order chi connectivity index (χ1) is 10.3. The molecule has 2 heterocycles. The number of nitrogens with one attached hydrogen (secondary N) is 1. The van der Waals surface area contributed by atoms with Crippen molar-refractivity contribution in [1.29, 1.82) is 0 Å². The second-order valence-electron chi connectivity index (χ2n) is 5.09. The molecule has 2 aromatic rings. The molecule has 0 radical (unpaired) electrons. The first-order valence-electron chi connectivity index (χ1n) is 7.32. The Morgan fingerprint density at radius 3 is 3.24 bits per heavy atom. The van der Waals surface area contributed by atoms with Crippen LogP contribution in [0.15, 0.2) is 30.6 Å². The SMILES string of the molecule is CCCn1ccnc1CC(=O)c1cccc2c1OCCN2. The van der Waals surface area contributed by atoms with Crippen LogP contribution < -0.4 is 10.1 Å². The minimum absolute atomic E-state index is 0.0408. The summed E-state index contributed by atoms with van der Waals surface area (Å²) in [5, 5.41) is 3.25. The maximum absolute atomic E-state index is 12.6. The molecule has 0 saturated carbocycles. The molecule has 5 heteroatoms. The van der Waals surface area contributed by atoms with Crippen molar-refractivity contribution in [3.8, 4) is 5.75 Å². The van der Waals surface area contributed by atoms with E-state index in [1.54, 1.807) is 6.20 Å². The van der Waals surface area contributed by atoms with Crippen molar-refractivity contribution in [1.82, 2.24) is 9.55 Å². The zero-order valence-electron chi connectivity index (χ0n) is 12.1. The van der Waals surface area contributed by atoms with Gasteiger partial charge in [-0.15, -0.1) is 0 Å². The normalized spacial score (nSPS) is 13.2. The molecule has 1 aliphatic heterocycles. The molecule has 0 unspecified atom stereocenters. The summed E-state index contributed by atoms with van der Waals surface area (Å²) in [6.07, 6.45) is 4.99. The number of aromatic nitrogens is 2. The first kappa shape index (κ1) is 13.7. The summed E-state index contributed by atoms with van der Waals surface area (Å²) in [7, 11) is 0. The maximum Gasteiger partial charge on any atom is 0.174 e. The molecule has 1 aromatic heterocycles. The molecule has 0 spiro atoms. The van der Waals surface area contributed by atoms with Gasteiger partial charge in [0.1, 0.15) is 12.4 Å². The Hall–Kier alpha value is -2.30. The molecule has 0 fully saturated rings. The highest BCUT2D eigenvalue weighted by atomic mass is 16.5. The molecule has 0 aliphatic carbocycles. The summed E-state index contributed by atoms with van der Waals surface area (Å²) in [4.78, 5) is 16.9. The number of para-hydroxylation sites is 1. The third kappa shape index (κ3) is 2.77. The fourth-order valence-electron chi connectivity index (χ4n) is 2.58. The molecule has 3 rings (SSSR count). The number of Topliss-reactive ketones (excluding diaryl/α,β-unsaturated/α-hetero) is 1. The lowest BCUT2D eigenvalue weighted by atomic mass is 10.0. The summed E-state index contributed by atoms with van der Waals surface area (Å²) < 4.78 is 7.70. The Bertz CT molecular complexity index is 649. The van der Waals surface area contributed by atoms with Gasteiger partial charge in [-0.3, -0.25) is 4.79 Å². The number of rotatable bonds is 5. The second kappa shape index (κ2) is 5.99. The summed E-state index contributed by atoms with van der Waals surface area (Å²) in [6.45, 7) is 4.35. The molecule has 0 amide bonds. The number of fused-ring (bicyclic) bond motifs is 1.